The van der Waals surface area contributed by atoms with Crippen molar-refractivity contribution in [3.63, 3.8) is 0 Å². The van der Waals surface area contributed by atoms with Crippen LogP contribution in [-0.4, -0.2) is 18.9 Å². The van der Waals surface area contributed by atoms with Crippen molar-refractivity contribution in [2.45, 2.75) is 6.42 Å². The van der Waals surface area contributed by atoms with Crippen LogP contribution in [0.3, 0.4) is 0 Å². The molecule has 5 rings (SSSR count). The molecule has 0 saturated heterocycles. The Morgan fingerprint density at radius 3 is 2.37 bits per heavy atom. The van der Waals surface area contributed by atoms with E-state index in [2.05, 4.69) is 76.3 Å². The van der Waals surface area contributed by atoms with Crippen LogP contribution in [0.15, 0.2) is 77.8 Å². The van der Waals surface area contributed by atoms with E-state index in [1.54, 1.807) is 0 Å². The summed E-state index contributed by atoms with van der Waals surface area (Å²) in [6.45, 7) is 1.82. The van der Waals surface area contributed by atoms with Crippen molar-refractivity contribution in [1.82, 2.24) is 5.32 Å². The van der Waals surface area contributed by atoms with Gasteiger partial charge in [0.05, 0.1) is 6.54 Å². The molecule has 1 aliphatic heterocycles. The fourth-order valence-corrected chi connectivity index (χ4v) is 3.72. The first-order valence-corrected chi connectivity index (χ1v) is 9.40. The normalized spacial score (nSPS) is 15.0. The third-order valence-corrected chi connectivity index (χ3v) is 5.12. The molecule has 3 aromatic rings. The smallest absolute Gasteiger partial charge is 0.128 e. The van der Waals surface area contributed by atoms with Crippen LogP contribution in [0.2, 0.25) is 0 Å². The van der Waals surface area contributed by atoms with E-state index in [1.165, 1.54) is 27.8 Å². The monoisotopic (exact) mass is 351 g/mol. The van der Waals surface area contributed by atoms with Crippen molar-refractivity contribution in [2.24, 2.45) is 4.99 Å². The predicted octanol–water partition coefficient (Wildman–Crippen LogP) is 4.88. The number of aliphatic imine (C=N–C) groups is 1. The molecule has 0 saturated carbocycles. The highest BCUT2D eigenvalue weighted by molar-refractivity contribution is 6.01. The number of nitrogens with one attached hydrogen (secondary N) is 2. The quantitative estimate of drug-likeness (QED) is 0.703. The molecular formula is C24H21N3. The number of anilines is 2. The number of amidine groups is 1. The summed E-state index contributed by atoms with van der Waals surface area (Å²) in [5.74, 6) is 1.03. The van der Waals surface area contributed by atoms with E-state index < -0.39 is 0 Å². The van der Waals surface area contributed by atoms with Gasteiger partial charge in [-0.2, -0.15) is 0 Å². The van der Waals surface area contributed by atoms with Crippen molar-refractivity contribution in [3.8, 4) is 0 Å². The van der Waals surface area contributed by atoms with E-state index in [-0.39, 0.29) is 0 Å². The SMILES string of the molecule is C1=C(c2ccc(Nc3ccccc3)cc2)Cc2cc(C3=NCCN3)ccc21. The van der Waals surface area contributed by atoms with Crippen molar-refractivity contribution < 1.29 is 0 Å². The minimum atomic E-state index is 0.874. The van der Waals surface area contributed by atoms with Crippen LogP contribution in [-0.2, 0) is 6.42 Å². The predicted molar refractivity (Wildman–Crippen MR) is 114 cm³/mol. The zero-order valence-corrected chi connectivity index (χ0v) is 15.1. The number of para-hydroxylation sites is 1. The average Bonchev–Trinajstić information content (AvgIpc) is 3.39. The van der Waals surface area contributed by atoms with Gasteiger partial charge in [0.15, 0.2) is 0 Å². The van der Waals surface area contributed by atoms with Crippen LogP contribution in [0.4, 0.5) is 11.4 Å². The molecule has 0 bridgehead atoms. The molecule has 0 spiro atoms. The molecular weight excluding hydrogens is 330 g/mol. The second kappa shape index (κ2) is 6.76. The van der Waals surface area contributed by atoms with Gasteiger partial charge in [0.2, 0.25) is 0 Å². The Hall–Kier alpha value is -3.33. The lowest BCUT2D eigenvalue weighted by Crippen LogP contribution is -2.19. The number of nitrogens with zero attached hydrogens (tertiary/aromatic N) is 1. The minimum absolute atomic E-state index is 0.874. The summed E-state index contributed by atoms with van der Waals surface area (Å²) in [6, 6.07) is 25.6. The van der Waals surface area contributed by atoms with Gasteiger partial charge < -0.3 is 10.6 Å². The number of rotatable bonds is 4. The Morgan fingerprint density at radius 2 is 1.59 bits per heavy atom. The zero-order valence-electron chi connectivity index (χ0n) is 15.1. The summed E-state index contributed by atoms with van der Waals surface area (Å²) in [5, 5.41) is 6.80. The van der Waals surface area contributed by atoms with Gasteiger partial charge in [-0.15, -0.1) is 0 Å². The summed E-state index contributed by atoms with van der Waals surface area (Å²) in [4.78, 5) is 4.53. The molecule has 0 aromatic heterocycles. The Balaban J connectivity index is 1.33. The second-order valence-electron chi connectivity index (χ2n) is 6.99. The average molecular weight is 351 g/mol. The Bertz CT molecular complexity index is 1030. The Labute approximate surface area is 159 Å². The maximum Gasteiger partial charge on any atom is 0.128 e. The van der Waals surface area contributed by atoms with Crippen molar-refractivity contribution in [3.05, 3.63) is 95.1 Å². The van der Waals surface area contributed by atoms with E-state index in [1.807, 2.05) is 18.2 Å². The molecule has 0 unspecified atom stereocenters. The Kier molecular flexibility index (Phi) is 3.98. The van der Waals surface area contributed by atoms with E-state index in [0.717, 1.165) is 36.7 Å². The summed E-state index contributed by atoms with van der Waals surface area (Å²) < 4.78 is 0. The van der Waals surface area contributed by atoms with Crippen LogP contribution in [0.5, 0.6) is 0 Å². The van der Waals surface area contributed by atoms with E-state index in [9.17, 15) is 0 Å². The number of fused-ring (bicyclic) bond motifs is 1. The lowest BCUT2D eigenvalue weighted by atomic mass is 10.0. The largest absolute Gasteiger partial charge is 0.368 e. The lowest BCUT2D eigenvalue weighted by molar-refractivity contribution is 0.960. The van der Waals surface area contributed by atoms with Gasteiger partial charge in [0.25, 0.3) is 0 Å². The van der Waals surface area contributed by atoms with Crippen LogP contribution in [0.25, 0.3) is 11.6 Å². The number of hydrogen-bond donors (Lipinski definition) is 2. The molecule has 0 fully saturated rings. The molecule has 1 heterocycles. The fourth-order valence-electron chi connectivity index (χ4n) is 3.72. The molecule has 27 heavy (non-hydrogen) atoms. The van der Waals surface area contributed by atoms with Crippen LogP contribution >= 0.6 is 0 Å². The summed E-state index contributed by atoms with van der Waals surface area (Å²) in [5.41, 5.74) is 8.76. The van der Waals surface area contributed by atoms with Crippen LogP contribution < -0.4 is 10.6 Å². The second-order valence-corrected chi connectivity index (χ2v) is 6.99. The van der Waals surface area contributed by atoms with Gasteiger partial charge in [-0.3, -0.25) is 4.99 Å². The molecule has 2 aliphatic rings. The summed E-state index contributed by atoms with van der Waals surface area (Å²) >= 11 is 0. The number of hydrogen-bond acceptors (Lipinski definition) is 3. The van der Waals surface area contributed by atoms with Crippen molar-refractivity contribution in [2.75, 3.05) is 18.4 Å². The molecule has 3 nitrogen and oxygen atoms in total. The van der Waals surface area contributed by atoms with Gasteiger partial charge in [-0.05, 0) is 59.0 Å². The lowest BCUT2D eigenvalue weighted by Gasteiger charge is -2.08. The van der Waals surface area contributed by atoms with Gasteiger partial charge in [0, 0.05) is 23.5 Å². The molecule has 3 aromatic carbocycles. The third-order valence-electron chi connectivity index (χ3n) is 5.12. The highest BCUT2D eigenvalue weighted by Gasteiger charge is 2.16. The van der Waals surface area contributed by atoms with E-state index >= 15 is 0 Å². The molecule has 2 N–H and O–H groups in total. The Morgan fingerprint density at radius 1 is 0.815 bits per heavy atom. The topological polar surface area (TPSA) is 36.4 Å². The third kappa shape index (κ3) is 3.24. The number of allylic oxidation sites excluding steroid dienone is 1. The van der Waals surface area contributed by atoms with Crippen molar-refractivity contribution >= 4 is 28.9 Å². The molecule has 0 radical (unpaired) electrons. The highest BCUT2D eigenvalue weighted by atomic mass is 15.1. The maximum atomic E-state index is 4.53. The van der Waals surface area contributed by atoms with Gasteiger partial charge in [-0.25, -0.2) is 0 Å². The maximum absolute atomic E-state index is 4.53. The van der Waals surface area contributed by atoms with Crippen LogP contribution in [0.1, 0.15) is 22.3 Å². The van der Waals surface area contributed by atoms with Gasteiger partial charge >= 0.3 is 0 Å². The first kappa shape index (κ1) is 15.9. The van der Waals surface area contributed by atoms with Crippen molar-refractivity contribution in [1.29, 1.82) is 0 Å². The molecule has 132 valence electrons. The first-order valence-electron chi connectivity index (χ1n) is 9.40. The van der Waals surface area contributed by atoms with Gasteiger partial charge in [0.1, 0.15) is 5.84 Å². The summed E-state index contributed by atoms with van der Waals surface area (Å²) in [7, 11) is 0. The molecule has 1 aliphatic carbocycles. The summed E-state index contributed by atoms with van der Waals surface area (Å²) in [6.07, 6.45) is 3.28. The minimum Gasteiger partial charge on any atom is -0.368 e. The molecule has 3 heteroatoms. The van der Waals surface area contributed by atoms with Gasteiger partial charge in [-0.1, -0.05) is 48.5 Å². The fraction of sp³-hybridized carbons (Fsp3) is 0.125. The standard InChI is InChI=1S/C24H21N3/c1-2-4-22(5-3-1)27-23-10-8-17(9-11-23)20-14-18-6-7-19(15-21(18)16-20)24-25-12-13-26-24/h1-11,14-15,27H,12-13,16H2,(H,25,26). The molecule has 0 amide bonds. The number of benzene rings is 3. The molecule has 0 atom stereocenters. The van der Waals surface area contributed by atoms with Crippen LogP contribution in [0, 0.1) is 0 Å². The van der Waals surface area contributed by atoms with E-state index in [4.69, 9.17) is 0 Å². The first-order chi connectivity index (χ1) is 13.3. The van der Waals surface area contributed by atoms with E-state index in [0.29, 0.717) is 0 Å². The zero-order chi connectivity index (χ0) is 18.1. The highest BCUT2D eigenvalue weighted by Crippen LogP contribution is 2.33.